The highest BCUT2D eigenvalue weighted by Gasteiger charge is 2.39. The predicted octanol–water partition coefficient (Wildman–Crippen LogP) is 1.71. The highest BCUT2D eigenvalue weighted by atomic mass is 16.4. The number of rotatable bonds is 5. The molecule has 0 radical (unpaired) electrons. The predicted molar refractivity (Wildman–Crippen MR) is 61.0 cm³/mol. The molecule has 1 amide bonds. The molecule has 1 aliphatic rings. The zero-order valence-electron chi connectivity index (χ0n) is 9.50. The van der Waals surface area contributed by atoms with Crippen molar-refractivity contribution in [3.63, 3.8) is 0 Å². The summed E-state index contributed by atoms with van der Waals surface area (Å²) in [5.74, 6) is -0.938. The Labute approximate surface area is 95.7 Å². The van der Waals surface area contributed by atoms with Crippen LogP contribution in [-0.4, -0.2) is 23.5 Å². The average molecular weight is 225 g/mol. The molecule has 4 heteroatoms. The Morgan fingerprint density at radius 2 is 1.94 bits per heavy atom. The lowest BCUT2D eigenvalue weighted by Crippen LogP contribution is -2.44. The first-order valence-corrected chi connectivity index (χ1v) is 5.72. The van der Waals surface area contributed by atoms with Crippen LogP contribution in [-0.2, 0) is 9.59 Å². The van der Waals surface area contributed by atoms with Crippen LogP contribution in [0.3, 0.4) is 0 Å². The maximum atomic E-state index is 11.3. The normalized spacial score (nSPS) is 18.8. The summed E-state index contributed by atoms with van der Waals surface area (Å²) in [5.41, 5.74) is -0.741. The number of carbonyl (C=O) groups excluding carboxylic acids is 1. The summed E-state index contributed by atoms with van der Waals surface area (Å²) in [5, 5.41) is 11.9. The van der Waals surface area contributed by atoms with Gasteiger partial charge in [-0.05, 0) is 12.8 Å². The summed E-state index contributed by atoms with van der Waals surface area (Å²) in [4.78, 5) is 22.6. The van der Waals surface area contributed by atoms with Gasteiger partial charge in [0.1, 0.15) is 0 Å². The Balaban J connectivity index is 2.54. The van der Waals surface area contributed by atoms with Gasteiger partial charge in [0.05, 0.1) is 5.41 Å². The lowest BCUT2D eigenvalue weighted by atomic mass is 9.74. The third kappa shape index (κ3) is 3.08. The van der Waals surface area contributed by atoms with Gasteiger partial charge < -0.3 is 10.4 Å². The van der Waals surface area contributed by atoms with E-state index in [1.165, 1.54) is 6.08 Å². The average Bonchev–Trinajstić information content (AvgIpc) is 2.28. The van der Waals surface area contributed by atoms with Crippen molar-refractivity contribution in [3.8, 4) is 0 Å². The van der Waals surface area contributed by atoms with Crippen LogP contribution in [0.2, 0.25) is 0 Å². The zero-order chi connectivity index (χ0) is 12.0. The first kappa shape index (κ1) is 12.7. The maximum absolute atomic E-state index is 11.3. The van der Waals surface area contributed by atoms with Crippen molar-refractivity contribution in [3.05, 3.63) is 12.7 Å². The van der Waals surface area contributed by atoms with E-state index in [4.69, 9.17) is 0 Å². The molecule has 0 heterocycles. The Morgan fingerprint density at radius 1 is 1.31 bits per heavy atom. The molecule has 0 atom stereocenters. The molecule has 0 aliphatic heterocycles. The molecule has 2 N–H and O–H groups in total. The number of nitrogens with one attached hydrogen (secondary N) is 1. The number of carboxylic acid groups (broad SMARTS) is 1. The van der Waals surface area contributed by atoms with Crippen molar-refractivity contribution in [2.45, 2.75) is 38.5 Å². The molecular formula is C12H19NO3. The monoisotopic (exact) mass is 225 g/mol. The molecule has 1 fully saturated rings. The number of carbonyl (C=O) groups is 2. The third-order valence-electron chi connectivity index (χ3n) is 3.22. The van der Waals surface area contributed by atoms with Gasteiger partial charge in [0.2, 0.25) is 5.91 Å². The fourth-order valence-electron chi connectivity index (χ4n) is 2.17. The van der Waals surface area contributed by atoms with Gasteiger partial charge in [0.15, 0.2) is 0 Å². The van der Waals surface area contributed by atoms with Crippen molar-refractivity contribution >= 4 is 11.9 Å². The van der Waals surface area contributed by atoms with Gasteiger partial charge in [-0.15, -0.1) is 6.58 Å². The van der Waals surface area contributed by atoms with Crippen LogP contribution in [0.4, 0.5) is 0 Å². The summed E-state index contributed by atoms with van der Waals surface area (Å²) in [6, 6.07) is 0. The highest BCUT2D eigenvalue weighted by molar-refractivity contribution is 5.79. The van der Waals surface area contributed by atoms with Crippen molar-refractivity contribution in [2.24, 2.45) is 5.41 Å². The second-order valence-electron chi connectivity index (χ2n) is 4.42. The molecule has 0 saturated heterocycles. The number of hydrogen-bond acceptors (Lipinski definition) is 2. The van der Waals surface area contributed by atoms with Gasteiger partial charge in [0.25, 0.3) is 0 Å². The topological polar surface area (TPSA) is 66.4 Å². The Morgan fingerprint density at radius 3 is 2.44 bits per heavy atom. The molecule has 0 aromatic heterocycles. The van der Waals surface area contributed by atoms with Gasteiger partial charge in [0, 0.05) is 13.0 Å². The molecule has 0 aromatic rings. The highest BCUT2D eigenvalue weighted by Crippen LogP contribution is 2.35. The minimum Gasteiger partial charge on any atom is -0.481 e. The smallest absolute Gasteiger partial charge is 0.311 e. The third-order valence-corrected chi connectivity index (χ3v) is 3.22. The fourth-order valence-corrected chi connectivity index (χ4v) is 2.17. The molecule has 0 unspecified atom stereocenters. The number of amides is 1. The molecule has 16 heavy (non-hydrogen) atoms. The molecule has 1 aliphatic carbocycles. The Hall–Kier alpha value is -1.32. The van der Waals surface area contributed by atoms with Gasteiger partial charge >= 0.3 is 5.97 Å². The first-order valence-electron chi connectivity index (χ1n) is 5.72. The van der Waals surface area contributed by atoms with Crippen LogP contribution < -0.4 is 5.32 Å². The Kier molecular flexibility index (Phi) is 4.52. The van der Waals surface area contributed by atoms with Crippen molar-refractivity contribution < 1.29 is 14.7 Å². The van der Waals surface area contributed by atoms with E-state index in [9.17, 15) is 14.7 Å². The second kappa shape index (κ2) is 5.68. The lowest BCUT2D eigenvalue weighted by molar-refractivity contribution is -0.151. The van der Waals surface area contributed by atoms with Gasteiger partial charge in [-0.1, -0.05) is 25.3 Å². The molecule has 1 saturated carbocycles. The molecule has 1 rings (SSSR count). The fraction of sp³-hybridized carbons (Fsp3) is 0.667. The minimum absolute atomic E-state index is 0.152. The van der Waals surface area contributed by atoms with Crippen LogP contribution >= 0.6 is 0 Å². The van der Waals surface area contributed by atoms with Crippen molar-refractivity contribution in [1.29, 1.82) is 0 Å². The van der Waals surface area contributed by atoms with Crippen molar-refractivity contribution in [1.82, 2.24) is 5.32 Å². The summed E-state index contributed by atoms with van der Waals surface area (Å²) in [6.45, 7) is 3.72. The molecular weight excluding hydrogens is 206 g/mol. The number of hydrogen-bond donors (Lipinski definition) is 2. The van der Waals surface area contributed by atoms with Crippen LogP contribution in [0.15, 0.2) is 12.7 Å². The quantitative estimate of drug-likeness (QED) is 0.700. The van der Waals surface area contributed by atoms with Gasteiger partial charge in [-0.2, -0.15) is 0 Å². The summed E-state index contributed by atoms with van der Waals surface area (Å²) in [7, 11) is 0. The summed E-state index contributed by atoms with van der Waals surface area (Å²) >= 11 is 0. The van der Waals surface area contributed by atoms with Crippen LogP contribution in [0.25, 0.3) is 0 Å². The van der Waals surface area contributed by atoms with Gasteiger partial charge in [-0.25, -0.2) is 0 Å². The van der Waals surface area contributed by atoms with Crippen LogP contribution in [0.1, 0.15) is 38.5 Å². The van der Waals surface area contributed by atoms with E-state index in [1.807, 2.05) is 0 Å². The molecule has 4 nitrogen and oxygen atoms in total. The standard InChI is InChI=1S/C12H19NO3/c1-2-6-10(14)13-9-12(11(15)16)7-4-3-5-8-12/h2H,1,3-9H2,(H,13,14)(H,15,16). The lowest BCUT2D eigenvalue weighted by Gasteiger charge is -2.33. The summed E-state index contributed by atoms with van der Waals surface area (Å²) < 4.78 is 0. The Bertz CT molecular complexity index is 280. The molecule has 0 spiro atoms. The number of aliphatic carboxylic acids is 1. The number of carboxylic acids is 1. The molecule has 0 bridgehead atoms. The first-order chi connectivity index (χ1) is 7.60. The van der Waals surface area contributed by atoms with E-state index in [0.717, 1.165) is 19.3 Å². The van der Waals surface area contributed by atoms with Crippen molar-refractivity contribution in [2.75, 3.05) is 6.54 Å². The summed E-state index contributed by atoms with van der Waals surface area (Å²) in [6.07, 6.45) is 6.05. The van der Waals surface area contributed by atoms with Crippen LogP contribution in [0.5, 0.6) is 0 Å². The molecule has 90 valence electrons. The van der Waals surface area contributed by atoms with Gasteiger partial charge in [-0.3, -0.25) is 9.59 Å². The van der Waals surface area contributed by atoms with E-state index in [-0.39, 0.29) is 18.9 Å². The van der Waals surface area contributed by atoms with E-state index in [2.05, 4.69) is 11.9 Å². The second-order valence-corrected chi connectivity index (χ2v) is 4.42. The van der Waals surface area contributed by atoms with E-state index in [1.54, 1.807) is 0 Å². The van der Waals surface area contributed by atoms with E-state index >= 15 is 0 Å². The maximum Gasteiger partial charge on any atom is 0.311 e. The zero-order valence-corrected chi connectivity index (χ0v) is 9.50. The van der Waals surface area contributed by atoms with E-state index in [0.29, 0.717) is 12.8 Å². The van der Waals surface area contributed by atoms with E-state index < -0.39 is 11.4 Å². The molecule has 0 aromatic carbocycles. The SMILES string of the molecule is C=CCC(=O)NCC1(C(=O)O)CCCCC1. The largest absolute Gasteiger partial charge is 0.481 e. The minimum atomic E-state index is -0.786. The van der Waals surface area contributed by atoms with Crippen LogP contribution in [0, 0.1) is 5.41 Å².